The highest BCUT2D eigenvalue weighted by Gasteiger charge is 2.18. The van der Waals surface area contributed by atoms with Crippen molar-refractivity contribution in [2.45, 2.75) is 63.1 Å². The zero-order chi connectivity index (χ0) is 12.1. The van der Waals surface area contributed by atoms with Crippen LogP contribution >= 0.6 is 27.3 Å². The zero-order valence-corrected chi connectivity index (χ0v) is 13.2. The summed E-state index contributed by atoms with van der Waals surface area (Å²) in [6.07, 6.45) is 11.2. The van der Waals surface area contributed by atoms with E-state index in [1.807, 2.05) is 11.3 Å². The van der Waals surface area contributed by atoms with Gasteiger partial charge in [-0.25, -0.2) is 0 Å². The number of rotatable bonds is 4. The number of hydrogen-bond acceptors (Lipinski definition) is 1. The fraction of sp³-hybridized carbons (Fsp3) is 0.733. The minimum Gasteiger partial charge on any atom is -0.144 e. The van der Waals surface area contributed by atoms with Crippen LogP contribution in [0.15, 0.2) is 12.1 Å². The van der Waals surface area contributed by atoms with Gasteiger partial charge in [-0.1, -0.05) is 61.4 Å². The Bertz CT molecular complexity index is 323. The van der Waals surface area contributed by atoms with Crippen molar-refractivity contribution in [1.82, 2.24) is 0 Å². The van der Waals surface area contributed by atoms with Crippen LogP contribution in [0.25, 0.3) is 0 Å². The molecule has 1 fully saturated rings. The van der Waals surface area contributed by atoms with Crippen LogP contribution in [0.2, 0.25) is 0 Å². The molecule has 2 heteroatoms. The van der Waals surface area contributed by atoms with Crippen molar-refractivity contribution in [2.24, 2.45) is 5.92 Å². The topological polar surface area (TPSA) is 0 Å². The maximum absolute atomic E-state index is 3.90. The predicted molar refractivity (Wildman–Crippen MR) is 81.2 cm³/mol. The fourth-order valence-corrected chi connectivity index (χ4v) is 4.67. The molecule has 1 saturated carbocycles. The van der Waals surface area contributed by atoms with Crippen LogP contribution in [0.4, 0.5) is 0 Å². The van der Waals surface area contributed by atoms with Crippen molar-refractivity contribution in [3.8, 4) is 0 Å². The van der Waals surface area contributed by atoms with E-state index in [4.69, 9.17) is 0 Å². The monoisotopic (exact) mass is 314 g/mol. The quantitative estimate of drug-likeness (QED) is 0.465. The van der Waals surface area contributed by atoms with E-state index in [9.17, 15) is 0 Å². The van der Waals surface area contributed by atoms with Gasteiger partial charge in [-0.2, -0.15) is 0 Å². The molecule has 1 aromatic heterocycles. The minimum absolute atomic E-state index is 0.593. The molecule has 1 heterocycles. The number of halogens is 1. The standard InChI is InChI=1S/C15H23BrS/c1-2-13-9-10-15(17-13)14(16)11-12-7-5-3-4-6-8-12/h9-10,12,14H,2-8,11H2,1H3. The van der Waals surface area contributed by atoms with Crippen molar-refractivity contribution >= 4 is 27.3 Å². The Morgan fingerprint density at radius 2 is 1.94 bits per heavy atom. The lowest BCUT2D eigenvalue weighted by Crippen LogP contribution is -2.02. The van der Waals surface area contributed by atoms with Gasteiger partial charge in [-0.3, -0.25) is 0 Å². The van der Waals surface area contributed by atoms with Crippen LogP contribution in [0.1, 0.15) is 66.5 Å². The highest BCUT2D eigenvalue weighted by atomic mass is 79.9. The Labute approximate surface area is 118 Å². The van der Waals surface area contributed by atoms with Crippen LogP contribution in [0, 0.1) is 5.92 Å². The summed E-state index contributed by atoms with van der Waals surface area (Å²) in [5.74, 6) is 0.953. The molecule has 0 nitrogen and oxygen atoms in total. The Hall–Kier alpha value is 0.180. The molecule has 96 valence electrons. The molecular formula is C15H23BrS. The smallest absolute Gasteiger partial charge is 0.0491 e. The van der Waals surface area contributed by atoms with Gasteiger partial charge < -0.3 is 0 Å². The van der Waals surface area contributed by atoms with Crippen LogP contribution in [0.3, 0.4) is 0 Å². The third-order valence-electron chi connectivity index (χ3n) is 3.85. The maximum Gasteiger partial charge on any atom is 0.0491 e. The van der Waals surface area contributed by atoms with E-state index in [1.165, 1.54) is 61.1 Å². The lowest BCUT2D eigenvalue weighted by Gasteiger charge is -2.17. The molecule has 1 unspecified atom stereocenters. The fourth-order valence-electron chi connectivity index (χ4n) is 2.76. The lowest BCUT2D eigenvalue weighted by atomic mass is 9.94. The van der Waals surface area contributed by atoms with E-state index in [2.05, 4.69) is 35.0 Å². The average Bonchev–Trinajstić information content (AvgIpc) is 2.68. The summed E-state index contributed by atoms with van der Waals surface area (Å²) in [5, 5.41) is 0. The highest BCUT2D eigenvalue weighted by Crippen LogP contribution is 2.38. The molecule has 0 aliphatic heterocycles. The molecule has 0 radical (unpaired) electrons. The summed E-state index contributed by atoms with van der Waals surface area (Å²) >= 11 is 5.89. The second-order valence-corrected chi connectivity index (χ2v) is 7.52. The largest absolute Gasteiger partial charge is 0.144 e. The molecule has 1 aliphatic rings. The molecule has 0 spiro atoms. The number of aryl methyl sites for hydroxylation is 1. The van der Waals surface area contributed by atoms with E-state index in [-0.39, 0.29) is 0 Å². The second-order valence-electron chi connectivity index (χ2n) is 5.22. The Morgan fingerprint density at radius 3 is 2.53 bits per heavy atom. The lowest BCUT2D eigenvalue weighted by molar-refractivity contribution is 0.428. The van der Waals surface area contributed by atoms with E-state index in [0.717, 1.165) is 5.92 Å². The summed E-state index contributed by atoms with van der Waals surface area (Å²) in [5.41, 5.74) is 0. The first kappa shape index (κ1) is 13.6. The third-order valence-corrected chi connectivity index (χ3v) is 6.37. The highest BCUT2D eigenvalue weighted by molar-refractivity contribution is 9.09. The second kappa shape index (κ2) is 6.94. The first-order chi connectivity index (χ1) is 8.29. The summed E-state index contributed by atoms with van der Waals surface area (Å²) < 4.78 is 0. The Morgan fingerprint density at radius 1 is 1.24 bits per heavy atom. The summed E-state index contributed by atoms with van der Waals surface area (Å²) in [6, 6.07) is 4.61. The normalized spacial score (nSPS) is 20.1. The SMILES string of the molecule is CCc1ccc(C(Br)CC2CCCCCC2)s1. The molecule has 0 saturated heterocycles. The van der Waals surface area contributed by atoms with E-state index in [0.29, 0.717) is 4.83 Å². The van der Waals surface area contributed by atoms with Crippen LogP contribution in [-0.4, -0.2) is 0 Å². The first-order valence-electron chi connectivity index (χ1n) is 7.02. The summed E-state index contributed by atoms with van der Waals surface area (Å²) in [7, 11) is 0. The number of thiophene rings is 1. The van der Waals surface area contributed by atoms with E-state index in [1.54, 1.807) is 0 Å². The number of alkyl halides is 1. The van der Waals surface area contributed by atoms with Gasteiger partial charge >= 0.3 is 0 Å². The first-order valence-corrected chi connectivity index (χ1v) is 8.75. The van der Waals surface area contributed by atoms with Gasteiger partial charge in [0.2, 0.25) is 0 Å². The van der Waals surface area contributed by atoms with Gasteiger partial charge in [0.1, 0.15) is 0 Å². The molecule has 17 heavy (non-hydrogen) atoms. The van der Waals surface area contributed by atoms with Gasteiger partial charge in [0.05, 0.1) is 0 Å². The molecule has 1 atom stereocenters. The Kier molecular flexibility index (Phi) is 5.55. The molecule has 0 amide bonds. The molecule has 1 aliphatic carbocycles. The molecule has 0 bridgehead atoms. The zero-order valence-electron chi connectivity index (χ0n) is 10.8. The van der Waals surface area contributed by atoms with Gasteiger partial charge in [0, 0.05) is 14.6 Å². The summed E-state index contributed by atoms with van der Waals surface area (Å²) in [6.45, 7) is 2.24. The van der Waals surface area contributed by atoms with Crippen LogP contribution in [0.5, 0.6) is 0 Å². The molecule has 1 aromatic rings. The van der Waals surface area contributed by atoms with Crippen molar-refractivity contribution in [1.29, 1.82) is 0 Å². The van der Waals surface area contributed by atoms with E-state index < -0.39 is 0 Å². The predicted octanol–water partition coefficient (Wildman–Crippen LogP) is 6.11. The molecule has 2 rings (SSSR count). The van der Waals surface area contributed by atoms with Gasteiger partial charge in [-0.15, -0.1) is 11.3 Å². The molecule has 0 aromatic carbocycles. The van der Waals surface area contributed by atoms with Crippen molar-refractivity contribution < 1.29 is 0 Å². The third kappa shape index (κ3) is 4.10. The van der Waals surface area contributed by atoms with Gasteiger partial charge in [-0.05, 0) is 30.9 Å². The molecule has 0 N–H and O–H groups in total. The molecular weight excluding hydrogens is 292 g/mol. The van der Waals surface area contributed by atoms with Crippen molar-refractivity contribution in [3.05, 3.63) is 21.9 Å². The van der Waals surface area contributed by atoms with Crippen LogP contribution in [-0.2, 0) is 6.42 Å². The van der Waals surface area contributed by atoms with Crippen LogP contribution < -0.4 is 0 Å². The number of hydrogen-bond donors (Lipinski definition) is 0. The van der Waals surface area contributed by atoms with Gasteiger partial charge in [0.25, 0.3) is 0 Å². The van der Waals surface area contributed by atoms with Crippen molar-refractivity contribution in [2.75, 3.05) is 0 Å². The van der Waals surface area contributed by atoms with E-state index >= 15 is 0 Å². The maximum atomic E-state index is 3.90. The Balaban J connectivity index is 1.88. The van der Waals surface area contributed by atoms with Gasteiger partial charge in [0.15, 0.2) is 0 Å². The average molecular weight is 315 g/mol. The summed E-state index contributed by atoms with van der Waals surface area (Å²) in [4.78, 5) is 3.65. The van der Waals surface area contributed by atoms with Crippen molar-refractivity contribution in [3.63, 3.8) is 0 Å². The minimum atomic E-state index is 0.593.